The number of nitrogens with two attached hydrogens (primary N) is 1. The summed E-state index contributed by atoms with van der Waals surface area (Å²) in [5.74, 6) is -0.959. The summed E-state index contributed by atoms with van der Waals surface area (Å²) >= 11 is 0. The Morgan fingerprint density at radius 2 is 1.82 bits per heavy atom. The minimum Gasteiger partial charge on any atom is -0.480 e. The van der Waals surface area contributed by atoms with E-state index in [1.807, 2.05) is 30.3 Å². The number of benzene rings is 1. The normalized spacial score (nSPS) is 11.2. The van der Waals surface area contributed by atoms with Gasteiger partial charge >= 0.3 is 5.97 Å². The molecule has 1 atom stereocenters. The molecule has 0 fully saturated rings. The Bertz CT molecular complexity index is 300. The van der Waals surface area contributed by atoms with Gasteiger partial charge in [0.05, 0.1) is 0 Å². The first-order chi connectivity index (χ1) is 8.11. The molecule has 4 N–H and O–H groups in total. The lowest BCUT2D eigenvalue weighted by atomic mass is 10.1. The number of hydrogen-bond donors (Lipinski definition) is 3. The van der Waals surface area contributed by atoms with Gasteiger partial charge in [0.15, 0.2) is 0 Å². The molecule has 4 heteroatoms. The van der Waals surface area contributed by atoms with E-state index in [1.54, 1.807) is 0 Å². The molecule has 0 unspecified atom stereocenters. The summed E-state index contributed by atoms with van der Waals surface area (Å²) in [5, 5.41) is 11.6. The number of carboxylic acids is 1. The highest BCUT2D eigenvalue weighted by Crippen LogP contribution is 2.01. The number of rotatable bonds is 5. The van der Waals surface area contributed by atoms with Gasteiger partial charge in [-0.2, -0.15) is 0 Å². The second-order valence-electron chi connectivity index (χ2n) is 3.59. The van der Waals surface area contributed by atoms with Crippen molar-refractivity contribution in [1.29, 1.82) is 0 Å². The van der Waals surface area contributed by atoms with Crippen molar-refractivity contribution in [3.63, 3.8) is 0 Å². The third kappa shape index (κ3) is 8.42. The molecule has 96 valence electrons. The fourth-order valence-electron chi connectivity index (χ4n) is 1.21. The largest absolute Gasteiger partial charge is 0.480 e. The summed E-state index contributed by atoms with van der Waals surface area (Å²) in [7, 11) is 0. The van der Waals surface area contributed by atoms with Gasteiger partial charge in [0.1, 0.15) is 6.04 Å². The van der Waals surface area contributed by atoms with Gasteiger partial charge in [-0.1, -0.05) is 44.2 Å². The van der Waals surface area contributed by atoms with E-state index in [0.717, 1.165) is 18.7 Å². The van der Waals surface area contributed by atoms with Crippen LogP contribution >= 0.6 is 0 Å². The second kappa shape index (κ2) is 9.81. The molecule has 0 aliphatic heterocycles. The van der Waals surface area contributed by atoms with Crippen LogP contribution in [0, 0.1) is 0 Å². The third-order valence-corrected chi connectivity index (χ3v) is 2.12. The van der Waals surface area contributed by atoms with Gasteiger partial charge in [-0.3, -0.25) is 4.79 Å². The van der Waals surface area contributed by atoms with Crippen LogP contribution in [0.3, 0.4) is 0 Å². The Morgan fingerprint density at radius 1 is 1.29 bits per heavy atom. The average Bonchev–Trinajstić information content (AvgIpc) is 2.32. The lowest BCUT2D eigenvalue weighted by Crippen LogP contribution is -2.32. The molecule has 17 heavy (non-hydrogen) atoms. The van der Waals surface area contributed by atoms with Crippen molar-refractivity contribution in [3.05, 3.63) is 35.9 Å². The molecular weight excluding hydrogens is 216 g/mol. The highest BCUT2D eigenvalue weighted by molar-refractivity contribution is 5.73. The van der Waals surface area contributed by atoms with Gasteiger partial charge in [-0.25, -0.2) is 0 Å². The van der Waals surface area contributed by atoms with Crippen molar-refractivity contribution in [2.24, 2.45) is 5.73 Å². The summed E-state index contributed by atoms with van der Waals surface area (Å²) in [6.07, 6.45) is 0.385. The van der Waals surface area contributed by atoms with Crippen LogP contribution in [0.25, 0.3) is 0 Å². The van der Waals surface area contributed by atoms with Gasteiger partial charge in [-0.15, -0.1) is 0 Å². The highest BCUT2D eigenvalue weighted by atomic mass is 16.4. The van der Waals surface area contributed by atoms with Crippen LogP contribution in [-0.2, 0) is 11.2 Å². The standard InChI is InChI=1S/C9H11NO2.C4H11N/c10-8(9(11)12)6-7-4-2-1-3-5-7;1-3-5-4-2/h1-5,8H,6,10H2,(H,11,12);5H,3-4H2,1-2H3/t8-;/m0./s1. The lowest BCUT2D eigenvalue weighted by Gasteiger charge is -2.04. The van der Waals surface area contributed by atoms with Crippen LogP contribution < -0.4 is 11.1 Å². The van der Waals surface area contributed by atoms with E-state index < -0.39 is 12.0 Å². The Kier molecular flexibility index (Phi) is 9.01. The smallest absolute Gasteiger partial charge is 0.320 e. The maximum atomic E-state index is 10.4. The monoisotopic (exact) mass is 238 g/mol. The maximum Gasteiger partial charge on any atom is 0.320 e. The fraction of sp³-hybridized carbons (Fsp3) is 0.462. The van der Waals surface area contributed by atoms with Crippen molar-refractivity contribution in [2.45, 2.75) is 26.3 Å². The number of carboxylic acid groups (broad SMARTS) is 1. The molecular formula is C13H22N2O2. The zero-order valence-corrected chi connectivity index (χ0v) is 10.5. The lowest BCUT2D eigenvalue weighted by molar-refractivity contribution is -0.138. The van der Waals surface area contributed by atoms with Crippen molar-refractivity contribution in [3.8, 4) is 0 Å². The predicted octanol–water partition coefficient (Wildman–Crippen LogP) is 1.26. The summed E-state index contributed by atoms with van der Waals surface area (Å²) in [6.45, 7) is 6.39. The summed E-state index contributed by atoms with van der Waals surface area (Å²) in [5.41, 5.74) is 6.30. The van der Waals surface area contributed by atoms with Crippen LogP contribution in [-0.4, -0.2) is 30.2 Å². The van der Waals surface area contributed by atoms with E-state index in [2.05, 4.69) is 19.2 Å². The van der Waals surface area contributed by atoms with Gasteiger partial charge in [0.25, 0.3) is 0 Å². The molecule has 0 saturated heterocycles. The molecule has 1 aromatic carbocycles. The first-order valence-corrected chi connectivity index (χ1v) is 5.84. The van der Waals surface area contributed by atoms with E-state index in [1.165, 1.54) is 0 Å². The number of carbonyl (C=O) groups is 1. The average molecular weight is 238 g/mol. The van der Waals surface area contributed by atoms with Crippen molar-refractivity contribution < 1.29 is 9.90 Å². The zero-order chi connectivity index (χ0) is 13.1. The molecule has 4 nitrogen and oxygen atoms in total. The number of aliphatic carboxylic acids is 1. The Balaban J connectivity index is 0.000000437. The molecule has 0 spiro atoms. The van der Waals surface area contributed by atoms with Crippen molar-refractivity contribution in [1.82, 2.24) is 5.32 Å². The van der Waals surface area contributed by atoms with Gasteiger partial charge in [0, 0.05) is 0 Å². The van der Waals surface area contributed by atoms with Gasteiger partial charge in [0.2, 0.25) is 0 Å². The maximum absolute atomic E-state index is 10.4. The minimum absolute atomic E-state index is 0.385. The zero-order valence-electron chi connectivity index (χ0n) is 10.5. The van der Waals surface area contributed by atoms with Gasteiger partial charge in [-0.05, 0) is 25.1 Å². The fourth-order valence-corrected chi connectivity index (χ4v) is 1.21. The summed E-state index contributed by atoms with van der Waals surface area (Å²) in [6, 6.07) is 8.54. The minimum atomic E-state index is -0.959. The molecule has 0 aliphatic rings. The van der Waals surface area contributed by atoms with Crippen LogP contribution in [0.15, 0.2) is 30.3 Å². The Hall–Kier alpha value is -1.39. The molecule has 0 saturated carbocycles. The molecule has 1 rings (SSSR count). The Labute approximate surface area is 103 Å². The highest BCUT2D eigenvalue weighted by Gasteiger charge is 2.10. The molecule has 0 amide bonds. The summed E-state index contributed by atoms with van der Waals surface area (Å²) in [4.78, 5) is 10.4. The molecule has 0 radical (unpaired) electrons. The van der Waals surface area contributed by atoms with E-state index in [4.69, 9.17) is 10.8 Å². The van der Waals surface area contributed by atoms with Crippen molar-refractivity contribution >= 4 is 5.97 Å². The van der Waals surface area contributed by atoms with Crippen LogP contribution in [0.4, 0.5) is 0 Å². The topological polar surface area (TPSA) is 75.3 Å². The van der Waals surface area contributed by atoms with Crippen molar-refractivity contribution in [2.75, 3.05) is 13.1 Å². The summed E-state index contributed by atoms with van der Waals surface area (Å²) < 4.78 is 0. The van der Waals surface area contributed by atoms with E-state index >= 15 is 0 Å². The molecule has 0 heterocycles. The van der Waals surface area contributed by atoms with E-state index in [0.29, 0.717) is 6.42 Å². The first-order valence-electron chi connectivity index (χ1n) is 5.84. The van der Waals surface area contributed by atoms with Crippen LogP contribution in [0.1, 0.15) is 19.4 Å². The third-order valence-electron chi connectivity index (χ3n) is 2.12. The van der Waals surface area contributed by atoms with E-state index in [9.17, 15) is 4.79 Å². The molecule has 1 aromatic rings. The SMILES string of the molecule is CCNCC.N[C@@H](Cc1ccccc1)C(=O)O. The molecule has 0 aromatic heterocycles. The second-order valence-corrected chi connectivity index (χ2v) is 3.59. The number of hydrogen-bond acceptors (Lipinski definition) is 3. The number of nitrogens with one attached hydrogen (secondary N) is 1. The Morgan fingerprint density at radius 3 is 2.18 bits per heavy atom. The molecule has 0 aliphatic carbocycles. The predicted molar refractivity (Wildman–Crippen MR) is 70.0 cm³/mol. The van der Waals surface area contributed by atoms with Gasteiger partial charge < -0.3 is 16.2 Å². The quantitative estimate of drug-likeness (QED) is 0.722. The van der Waals surface area contributed by atoms with Crippen LogP contribution in [0.5, 0.6) is 0 Å². The van der Waals surface area contributed by atoms with Crippen LogP contribution in [0.2, 0.25) is 0 Å². The van der Waals surface area contributed by atoms with E-state index in [-0.39, 0.29) is 0 Å². The molecule has 0 bridgehead atoms. The first kappa shape index (κ1) is 15.6.